The lowest BCUT2D eigenvalue weighted by atomic mass is 9.93. The molecule has 0 bridgehead atoms. The van der Waals surface area contributed by atoms with E-state index in [0.29, 0.717) is 19.4 Å². The quantitative estimate of drug-likeness (QED) is 0.589. The topological polar surface area (TPSA) is 87.7 Å². The molecule has 2 aromatic rings. The molecule has 1 unspecified atom stereocenters. The fourth-order valence-electron chi connectivity index (χ4n) is 2.80. The first-order valence-corrected chi connectivity index (χ1v) is 8.98. The molecule has 6 nitrogen and oxygen atoms in total. The average Bonchev–Trinajstić information content (AvgIpc) is 2.72. The zero-order chi connectivity index (χ0) is 19.5. The summed E-state index contributed by atoms with van der Waals surface area (Å²) in [5.74, 6) is -0.443. The number of hydrogen-bond acceptors (Lipinski definition) is 4. The van der Waals surface area contributed by atoms with Gasteiger partial charge >= 0.3 is 11.8 Å². The van der Waals surface area contributed by atoms with Gasteiger partial charge in [-0.15, -0.1) is 0 Å². The Balaban J connectivity index is 1.75. The SMILES string of the molecule is COc1ccc(CNC(=O)C(=O)NCCC(CCO)c2ccccc2)cc1. The third-order valence-electron chi connectivity index (χ3n) is 4.35. The Morgan fingerprint density at radius 2 is 1.63 bits per heavy atom. The van der Waals surface area contributed by atoms with Crippen molar-refractivity contribution in [2.45, 2.75) is 25.3 Å². The summed E-state index contributed by atoms with van der Waals surface area (Å²) in [5.41, 5.74) is 1.99. The smallest absolute Gasteiger partial charge is 0.309 e. The Morgan fingerprint density at radius 3 is 2.26 bits per heavy atom. The van der Waals surface area contributed by atoms with Crippen molar-refractivity contribution in [2.75, 3.05) is 20.3 Å². The molecular weight excluding hydrogens is 344 g/mol. The van der Waals surface area contributed by atoms with Gasteiger partial charge < -0.3 is 20.5 Å². The maximum absolute atomic E-state index is 11.9. The highest BCUT2D eigenvalue weighted by Gasteiger charge is 2.15. The van der Waals surface area contributed by atoms with Crippen LogP contribution in [0.25, 0.3) is 0 Å². The molecule has 0 aliphatic carbocycles. The lowest BCUT2D eigenvalue weighted by Gasteiger charge is -2.16. The standard InChI is InChI=1S/C21H26N2O4/c1-27-19-9-7-16(8-10-19)15-23-21(26)20(25)22-13-11-18(12-14-24)17-5-3-2-4-6-17/h2-10,18,24H,11-15H2,1H3,(H,22,25)(H,23,26). The minimum atomic E-state index is -0.663. The van der Waals surface area contributed by atoms with Crippen LogP contribution in [0.1, 0.15) is 29.9 Å². The molecule has 0 fully saturated rings. The van der Waals surface area contributed by atoms with E-state index in [4.69, 9.17) is 4.74 Å². The van der Waals surface area contributed by atoms with Crippen LogP contribution >= 0.6 is 0 Å². The minimum Gasteiger partial charge on any atom is -0.497 e. The molecule has 0 radical (unpaired) electrons. The minimum absolute atomic E-state index is 0.0792. The molecule has 0 saturated carbocycles. The predicted molar refractivity (Wildman–Crippen MR) is 103 cm³/mol. The normalized spacial score (nSPS) is 11.5. The van der Waals surface area contributed by atoms with E-state index in [-0.39, 0.29) is 19.1 Å². The highest BCUT2D eigenvalue weighted by molar-refractivity contribution is 6.35. The first-order chi connectivity index (χ1) is 13.1. The number of methoxy groups -OCH3 is 1. The number of rotatable bonds is 9. The number of carbonyl (C=O) groups is 2. The van der Waals surface area contributed by atoms with Crippen LogP contribution in [0, 0.1) is 0 Å². The van der Waals surface area contributed by atoms with Gasteiger partial charge in [0, 0.05) is 19.7 Å². The van der Waals surface area contributed by atoms with Gasteiger partial charge in [-0.25, -0.2) is 0 Å². The lowest BCUT2D eigenvalue weighted by molar-refractivity contribution is -0.139. The van der Waals surface area contributed by atoms with Crippen molar-refractivity contribution in [3.05, 3.63) is 65.7 Å². The van der Waals surface area contributed by atoms with Crippen LogP contribution in [0.3, 0.4) is 0 Å². The van der Waals surface area contributed by atoms with Crippen molar-refractivity contribution in [3.63, 3.8) is 0 Å². The second kappa shape index (κ2) is 11.0. The summed E-state index contributed by atoms with van der Waals surface area (Å²) in [6.07, 6.45) is 1.27. The maximum atomic E-state index is 11.9. The molecule has 0 aromatic heterocycles. The second-order valence-corrected chi connectivity index (χ2v) is 6.20. The van der Waals surface area contributed by atoms with Crippen LogP contribution < -0.4 is 15.4 Å². The first kappa shape index (κ1) is 20.5. The highest BCUT2D eigenvalue weighted by atomic mass is 16.5. The summed E-state index contributed by atoms with van der Waals surface area (Å²) in [6.45, 7) is 0.720. The van der Waals surface area contributed by atoms with Crippen molar-refractivity contribution in [2.24, 2.45) is 0 Å². The molecule has 6 heteroatoms. The van der Waals surface area contributed by atoms with Crippen LogP contribution in [0.2, 0.25) is 0 Å². The van der Waals surface area contributed by atoms with E-state index in [9.17, 15) is 14.7 Å². The Hall–Kier alpha value is -2.86. The molecular formula is C21H26N2O4. The first-order valence-electron chi connectivity index (χ1n) is 8.98. The maximum Gasteiger partial charge on any atom is 0.309 e. The van der Waals surface area contributed by atoms with Gasteiger partial charge in [0.05, 0.1) is 7.11 Å². The van der Waals surface area contributed by atoms with Gasteiger partial charge in [0.25, 0.3) is 0 Å². The van der Waals surface area contributed by atoms with Gasteiger partial charge in [-0.2, -0.15) is 0 Å². The van der Waals surface area contributed by atoms with E-state index in [1.54, 1.807) is 19.2 Å². The third-order valence-corrected chi connectivity index (χ3v) is 4.35. The summed E-state index contributed by atoms with van der Waals surface area (Å²) >= 11 is 0. The average molecular weight is 370 g/mol. The van der Waals surface area contributed by atoms with Crippen LogP contribution in [-0.4, -0.2) is 37.2 Å². The fourth-order valence-corrected chi connectivity index (χ4v) is 2.80. The van der Waals surface area contributed by atoms with Crippen LogP contribution in [-0.2, 0) is 16.1 Å². The molecule has 144 valence electrons. The molecule has 3 N–H and O–H groups in total. The largest absolute Gasteiger partial charge is 0.497 e. The Kier molecular flexibility index (Phi) is 8.32. The summed E-state index contributed by atoms with van der Waals surface area (Å²) in [7, 11) is 1.59. The fraction of sp³-hybridized carbons (Fsp3) is 0.333. The highest BCUT2D eigenvalue weighted by Crippen LogP contribution is 2.22. The summed E-state index contributed by atoms with van der Waals surface area (Å²) in [6, 6.07) is 17.1. The zero-order valence-corrected chi connectivity index (χ0v) is 15.5. The molecule has 27 heavy (non-hydrogen) atoms. The van der Waals surface area contributed by atoms with E-state index in [2.05, 4.69) is 10.6 Å². The van der Waals surface area contributed by atoms with Gasteiger partial charge in [-0.3, -0.25) is 9.59 Å². The summed E-state index contributed by atoms with van der Waals surface area (Å²) in [4.78, 5) is 23.9. The monoisotopic (exact) mass is 370 g/mol. The molecule has 0 aliphatic rings. The number of carbonyl (C=O) groups excluding carboxylic acids is 2. The van der Waals surface area contributed by atoms with E-state index >= 15 is 0 Å². The lowest BCUT2D eigenvalue weighted by Crippen LogP contribution is -2.40. The number of benzene rings is 2. The molecule has 0 aliphatic heterocycles. The summed E-state index contributed by atoms with van der Waals surface area (Å²) < 4.78 is 5.08. The van der Waals surface area contributed by atoms with Gasteiger partial charge in [0.1, 0.15) is 5.75 Å². The molecule has 1 atom stereocenters. The van der Waals surface area contributed by atoms with Crippen molar-refractivity contribution in [1.82, 2.24) is 10.6 Å². The number of ether oxygens (including phenoxy) is 1. The van der Waals surface area contributed by atoms with E-state index in [0.717, 1.165) is 16.9 Å². The van der Waals surface area contributed by atoms with E-state index < -0.39 is 11.8 Å². The molecule has 2 aromatic carbocycles. The number of aliphatic hydroxyl groups excluding tert-OH is 1. The van der Waals surface area contributed by atoms with Crippen molar-refractivity contribution >= 4 is 11.8 Å². The van der Waals surface area contributed by atoms with Crippen molar-refractivity contribution in [1.29, 1.82) is 0 Å². The van der Waals surface area contributed by atoms with Gasteiger partial charge in [-0.05, 0) is 42.0 Å². The molecule has 0 heterocycles. The number of hydrogen-bond donors (Lipinski definition) is 3. The molecule has 0 spiro atoms. The number of amides is 2. The van der Waals surface area contributed by atoms with Gasteiger partial charge in [-0.1, -0.05) is 42.5 Å². The summed E-state index contributed by atoms with van der Waals surface area (Å²) in [5, 5.41) is 14.5. The number of nitrogens with one attached hydrogen (secondary N) is 2. The molecule has 2 amide bonds. The van der Waals surface area contributed by atoms with Crippen LogP contribution in [0.4, 0.5) is 0 Å². The number of aliphatic hydroxyl groups is 1. The van der Waals surface area contributed by atoms with Crippen LogP contribution in [0.15, 0.2) is 54.6 Å². The van der Waals surface area contributed by atoms with E-state index in [1.807, 2.05) is 42.5 Å². The van der Waals surface area contributed by atoms with Crippen molar-refractivity contribution < 1.29 is 19.4 Å². The van der Waals surface area contributed by atoms with E-state index in [1.165, 1.54) is 0 Å². The Morgan fingerprint density at radius 1 is 0.963 bits per heavy atom. The zero-order valence-electron chi connectivity index (χ0n) is 15.5. The molecule has 0 saturated heterocycles. The van der Waals surface area contributed by atoms with Crippen molar-refractivity contribution in [3.8, 4) is 5.75 Å². The second-order valence-electron chi connectivity index (χ2n) is 6.20. The third kappa shape index (κ3) is 6.75. The van der Waals surface area contributed by atoms with Gasteiger partial charge in [0.2, 0.25) is 0 Å². The Labute approximate surface area is 159 Å². The Bertz CT molecular complexity index is 717. The van der Waals surface area contributed by atoms with Crippen LogP contribution in [0.5, 0.6) is 5.75 Å². The molecule has 2 rings (SSSR count). The van der Waals surface area contributed by atoms with Gasteiger partial charge in [0.15, 0.2) is 0 Å². The predicted octanol–water partition coefficient (Wildman–Crippen LogP) is 1.98.